The van der Waals surface area contributed by atoms with Crippen LogP contribution in [0, 0.1) is 0 Å². The van der Waals surface area contributed by atoms with Crippen LogP contribution in [0.3, 0.4) is 0 Å². The predicted molar refractivity (Wildman–Crippen MR) is 59.1 cm³/mol. The summed E-state index contributed by atoms with van der Waals surface area (Å²) in [6.07, 6.45) is 0.434. The normalized spacial score (nSPS) is 23.5. The fourth-order valence-electron chi connectivity index (χ4n) is 1.65. The van der Waals surface area contributed by atoms with Gasteiger partial charge in [0.1, 0.15) is 0 Å². The van der Waals surface area contributed by atoms with E-state index in [1.54, 1.807) is 6.92 Å². The standard InChI is InChI=1S/C12H13NO3/c1-12(11(14)15-2)8-10(13-16-12)9-6-4-3-5-7-9/h3-7H,8H2,1-2H3. The zero-order valence-corrected chi connectivity index (χ0v) is 9.27. The molecule has 1 aliphatic rings. The third kappa shape index (κ3) is 1.78. The average Bonchev–Trinajstić information content (AvgIpc) is 2.73. The van der Waals surface area contributed by atoms with E-state index in [4.69, 9.17) is 4.84 Å². The van der Waals surface area contributed by atoms with Gasteiger partial charge in [0.15, 0.2) is 0 Å². The van der Waals surface area contributed by atoms with Crippen LogP contribution < -0.4 is 0 Å². The van der Waals surface area contributed by atoms with Crippen LogP contribution in [0.2, 0.25) is 0 Å². The fourth-order valence-corrected chi connectivity index (χ4v) is 1.65. The van der Waals surface area contributed by atoms with Crippen LogP contribution in [0.1, 0.15) is 18.9 Å². The molecule has 0 amide bonds. The highest BCUT2D eigenvalue weighted by Crippen LogP contribution is 2.27. The lowest BCUT2D eigenvalue weighted by Gasteiger charge is -2.17. The molecular weight excluding hydrogens is 206 g/mol. The molecule has 1 aliphatic heterocycles. The quantitative estimate of drug-likeness (QED) is 0.712. The first-order valence-corrected chi connectivity index (χ1v) is 5.04. The molecule has 0 aromatic heterocycles. The first-order valence-electron chi connectivity index (χ1n) is 5.04. The maximum Gasteiger partial charge on any atom is 0.353 e. The van der Waals surface area contributed by atoms with Crippen molar-refractivity contribution in [3.8, 4) is 0 Å². The van der Waals surface area contributed by atoms with Gasteiger partial charge in [-0.2, -0.15) is 0 Å². The molecule has 1 aromatic carbocycles. The molecule has 1 heterocycles. The summed E-state index contributed by atoms with van der Waals surface area (Å²) in [5, 5.41) is 3.94. The van der Waals surface area contributed by atoms with E-state index in [0.717, 1.165) is 11.3 Å². The molecule has 0 N–H and O–H groups in total. The summed E-state index contributed by atoms with van der Waals surface area (Å²) in [4.78, 5) is 16.7. The lowest BCUT2D eigenvalue weighted by Crippen LogP contribution is -2.36. The van der Waals surface area contributed by atoms with E-state index in [2.05, 4.69) is 9.89 Å². The molecular formula is C12H13NO3. The van der Waals surface area contributed by atoms with E-state index >= 15 is 0 Å². The summed E-state index contributed by atoms with van der Waals surface area (Å²) in [6.45, 7) is 1.68. The molecule has 4 heteroatoms. The van der Waals surface area contributed by atoms with Crippen molar-refractivity contribution in [2.45, 2.75) is 18.9 Å². The van der Waals surface area contributed by atoms with Crippen LogP contribution in [0.5, 0.6) is 0 Å². The molecule has 0 radical (unpaired) electrons. The van der Waals surface area contributed by atoms with Crippen LogP contribution in [0.25, 0.3) is 0 Å². The maximum atomic E-state index is 11.5. The zero-order chi connectivity index (χ0) is 11.6. The number of hydrogen-bond donors (Lipinski definition) is 0. The number of rotatable bonds is 2. The van der Waals surface area contributed by atoms with E-state index in [1.165, 1.54) is 7.11 Å². The van der Waals surface area contributed by atoms with Crippen molar-refractivity contribution >= 4 is 11.7 Å². The average molecular weight is 219 g/mol. The van der Waals surface area contributed by atoms with Crippen molar-refractivity contribution in [1.82, 2.24) is 0 Å². The molecule has 1 aromatic rings. The van der Waals surface area contributed by atoms with Crippen molar-refractivity contribution in [3.63, 3.8) is 0 Å². The number of ether oxygens (including phenoxy) is 1. The van der Waals surface area contributed by atoms with Gasteiger partial charge in [0.25, 0.3) is 0 Å². The summed E-state index contributed by atoms with van der Waals surface area (Å²) in [5.41, 5.74) is 0.753. The van der Waals surface area contributed by atoms with Crippen LogP contribution in [-0.2, 0) is 14.4 Å². The van der Waals surface area contributed by atoms with Gasteiger partial charge < -0.3 is 9.57 Å². The second-order valence-corrected chi connectivity index (χ2v) is 3.89. The monoisotopic (exact) mass is 219 g/mol. The molecule has 0 spiro atoms. The van der Waals surface area contributed by atoms with Crippen molar-refractivity contribution in [2.24, 2.45) is 5.16 Å². The minimum Gasteiger partial charge on any atom is -0.466 e. The number of nitrogens with zero attached hydrogens (tertiary/aromatic N) is 1. The number of esters is 1. The lowest BCUT2D eigenvalue weighted by molar-refractivity contribution is -0.164. The fraction of sp³-hybridized carbons (Fsp3) is 0.333. The van der Waals surface area contributed by atoms with E-state index < -0.39 is 11.6 Å². The van der Waals surface area contributed by atoms with Gasteiger partial charge in [-0.05, 0) is 12.5 Å². The van der Waals surface area contributed by atoms with Crippen molar-refractivity contribution in [3.05, 3.63) is 35.9 Å². The van der Waals surface area contributed by atoms with Crippen molar-refractivity contribution < 1.29 is 14.4 Å². The van der Waals surface area contributed by atoms with E-state index in [0.29, 0.717) is 6.42 Å². The molecule has 0 saturated carbocycles. The molecule has 16 heavy (non-hydrogen) atoms. The number of carbonyl (C=O) groups excluding carboxylic acids is 1. The molecule has 4 nitrogen and oxygen atoms in total. The Morgan fingerprint density at radius 2 is 2.12 bits per heavy atom. The van der Waals surface area contributed by atoms with Crippen LogP contribution in [0.15, 0.2) is 35.5 Å². The van der Waals surface area contributed by atoms with E-state index in [-0.39, 0.29) is 0 Å². The molecule has 1 unspecified atom stereocenters. The highest BCUT2D eigenvalue weighted by atomic mass is 16.7. The van der Waals surface area contributed by atoms with Gasteiger partial charge in [0, 0.05) is 6.42 Å². The van der Waals surface area contributed by atoms with Gasteiger partial charge in [-0.1, -0.05) is 35.5 Å². The number of oxime groups is 1. The summed E-state index contributed by atoms with van der Waals surface area (Å²) < 4.78 is 4.68. The Hall–Kier alpha value is -1.84. The van der Waals surface area contributed by atoms with Crippen LogP contribution >= 0.6 is 0 Å². The topological polar surface area (TPSA) is 47.9 Å². The van der Waals surface area contributed by atoms with E-state index in [9.17, 15) is 4.79 Å². The number of methoxy groups -OCH3 is 1. The Morgan fingerprint density at radius 1 is 1.44 bits per heavy atom. The number of carbonyl (C=O) groups is 1. The minimum atomic E-state index is -0.986. The number of benzene rings is 1. The largest absolute Gasteiger partial charge is 0.466 e. The lowest BCUT2D eigenvalue weighted by atomic mass is 9.96. The van der Waals surface area contributed by atoms with Gasteiger partial charge in [-0.25, -0.2) is 4.79 Å². The van der Waals surface area contributed by atoms with E-state index in [1.807, 2.05) is 30.3 Å². The third-order valence-electron chi connectivity index (χ3n) is 2.59. The summed E-state index contributed by atoms with van der Waals surface area (Å²) in [7, 11) is 1.34. The van der Waals surface area contributed by atoms with Gasteiger partial charge in [0.05, 0.1) is 12.8 Å². The Morgan fingerprint density at radius 3 is 2.75 bits per heavy atom. The minimum absolute atomic E-state index is 0.401. The second kappa shape index (κ2) is 3.96. The molecule has 2 rings (SSSR count). The Labute approximate surface area is 93.9 Å². The molecule has 84 valence electrons. The van der Waals surface area contributed by atoms with Crippen LogP contribution in [-0.4, -0.2) is 24.4 Å². The Bertz CT molecular complexity index is 427. The second-order valence-electron chi connectivity index (χ2n) is 3.89. The first kappa shape index (κ1) is 10.7. The molecule has 0 bridgehead atoms. The molecule has 0 aliphatic carbocycles. The van der Waals surface area contributed by atoms with Gasteiger partial charge in [-0.15, -0.1) is 0 Å². The van der Waals surface area contributed by atoms with Gasteiger partial charge in [0.2, 0.25) is 5.60 Å². The van der Waals surface area contributed by atoms with Crippen molar-refractivity contribution in [2.75, 3.05) is 7.11 Å². The Balaban J connectivity index is 2.17. The first-order chi connectivity index (χ1) is 7.65. The SMILES string of the molecule is COC(=O)C1(C)CC(c2ccccc2)=NO1. The molecule has 0 fully saturated rings. The third-order valence-corrected chi connectivity index (χ3v) is 2.59. The predicted octanol–water partition coefficient (Wildman–Crippen LogP) is 1.74. The summed E-state index contributed by atoms with van der Waals surface area (Å²) >= 11 is 0. The van der Waals surface area contributed by atoms with Crippen molar-refractivity contribution in [1.29, 1.82) is 0 Å². The van der Waals surface area contributed by atoms with Gasteiger partial charge >= 0.3 is 5.97 Å². The highest BCUT2D eigenvalue weighted by Gasteiger charge is 2.43. The summed E-state index contributed by atoms with van der Waals surface area (Å²) in [6, 6.07) is 9.65. The molecule has 1 atom stereocenters. The number of hydrogen-bond acceptors (Lipinski definition) is 4. The Kier molecular flexibility index (Phi) is 2.64. The van der Waals surface area contributed by atoms with Crippen LogP contribution in [0.4, 0.5) is 0 Å². The van der Waals surface area contributed by atoms with Gasteiger partial charge in [-0.3, -0.25) is 0 Å². The summed E-state index contributed by atoms with van der Waals surface area (Å²) in [5.74, 6) is -0.401. The zero-order valence-electron chi connectivity index (χ0n) is 9.27. The maximum absolute atomic E-state index is 11.5. The highest BCUT2D eigenvalue weighted by molar-refractivity contribution is 6.04. The molecule has 0 saturated heterocycles. The smallest absolute Gasteiger partial charge is 0.353 e.